The Labute approximate surface area is 110 Å². The van der Waals surface area contributed by atoms with E-state index < -0.39 is 23.9 Å². The fourth-order valence-electron chi connectivity index (χ4n) is 1.63. The lowest BCUT2D eigenvalue weighted by atomic mass is 10.1. The first kappa shape index (κ1) is 14.9. The molecular weight excluding hydrogens is 251 g/mol. The van der Waals surface area contributed by atoms with Gasteiger partial charge in [0.25, 0.3) is 0 Å². The normalized spacial score (nSPS) is 11.7. The molecule has 0 aliphatic heterocycles. The van der Waals surface area contributed by atoms with Crippen LogP contribution in [0.3, 0.4) is 0 Å². The molecule has 0 bridgehead atoms. The van der Waals surface area contributed by atoms with Crippen LogP contribution in [0.1, 0.15) is 25.3 Å². The Bertz CT molecular complexity index is 477. The first-order valence-electron chi connectivity index (χ1n) is 6.00. The van der Waals surface area contributed by atoms with Crippen LogP contribution in [0, 0.1) is 12.7 Å². The monoisotopic (exact) mass is 268 g/mol. The minimum atomic E-state index is -1.08. The Hall–Kier alpha value is -2.11. The summed E-state index contributed by atoms with van der Waals surface area (Å²) in [5.41, 5.74) is 1.01. The summed E-state index contributed by atoms with van der Waals surface area (Å²) >= 11 is 0. The van der Waals surface area contributed by atoms with Gasteiger partial charge in [-0.25, -0.2) is 14.0 Å². The topological polar surface area (TPSA) is 78.4 Å². The van der Waals surface area contributed by atoms with Gasteiger partial charge in [0, 0.05) is 5.69 Å². The van der Waals surface area contributed by atoms with E-state index in [1.807, 2.05) is 6.92 Å². The number of aliphatic carboxylic acids is 1. The van der Waals surface area contributed by atoms with E-state index in [4.69, 9.17) is 5.11 Å². The Kier molecular flexibility index (Phi) is 5.29. The quantitative estimate of drug-likeness (QED) is 0.767. The lowest BCUT2D eigenvalue weighted by Gasteiger charge is -2.15. The molecule has 0 heterocycles. The number of carbonyl (C=O) groups excluding carboxylic acids is 1. The number of anilines is 1. The zero-order valence-corrected chi connectivity index (χ0v) is 10.9. The highest BCUT2D eigenvalue weighted by Gasteiger charge is 2.18. The van der Waals surface area contributed by atoms with Crippen molar-refractivity contribution in [3.05, 3.63) is 29.6 Å². The van der Waals surface area contributed by atoms with Crippen LogP contribution in [-0.4, -0.2) is 23.1 Å². The van der Waals surface area contributed by atoms with E-state index in [0.29, 0.717) is 24.1 Å². The zero-order chi connectivity index (χ0) is 14.4. The second kappa shape index (κ2) is 6.72. The third-order valence-corrected chi connectivity index (χ3v) is 2.62. The summed E-state index contributed by atoms with van der Waals surface area (Å²) in [6.07, 6.45) is 0.998. The van der Waals surface area contributed by atoms with E-state index in [1.165, 1.54) is 18.2 Å². The maximum atomic E-state index is 12.9. The minimum absolute atomic E-state index is 0.352. The molecule has 0 spiro atoms. The molecule has 2 amide bonds. The number of carboxylic acid groups (broad SMARTS) is 1. The van der Waals surface area contributed by atoms with Crippen molar-refractivity contribution >= 4 is 17.7 Å². The largest absolute Gasteiger partial charge is 0.480 e. The van der Waals surface area contributed by atoms with Crippen molar-refractivity contribution in [2.75, 3.05) is 5.32 Å². The molecule has 0 unspecified atom stereocenters. The molecule has 1 atom stereocenters. The fraction of sp³-hybridized carbons (Fsp3) is 0.385. The smallest absolute Gasteiger partial charge is 0.326 e. The maximum absolute atomic E-state index is 12.9. The molecule has 0 saturated carbocycles. The third kappa shape index (κ3) is 4.57. The van der Waals surface area contributed by atoms with Crippen molar-refractivity contribution in [1.82, 2.24) is 5.32 Å². The van der Waals surface area contributed by atoms with Crippen molar-refractivity contribution in [3.8, 4) is 0 Å². The van der Waals surface area contributed by atoms with E-state index in [0.717, 1.165) is 0 Å². The van der Waals surface area contributed by atoms with Crippen LogP contribution >= 0.6 is 0 Å². The van der Waals surface area contributed by atoms with Crippen LogP contribution in [0.5, 0.6) is 0 Å². The Morgan fingerprint density at radius 1 is 1.42 bits per heavy atom. The SMILES string of the molecule is CCC[C@H](NC(=O)Nc1ccc(F)cc1C)C(=O)O. The maximum Gasteiger partial charge on any atom is 0.326 e. The molecule has 5 nitrogen and oxygen atoms in total. The summed E-state index contributed by atoms with van der Waals surface area (Å²) in [6.45, 7) is 3.49. The Morgan fingerprint density at radius 2 is 2.11 bits per heavy atom. The zero-order valence-electron chi connectivity index (χ0n) is 10.9. The number of urea groups is 1. The summed E-state index contributed by atoms with van der Waals surface area (Å²) in [5, 5.41) is 13.8. The predicted molar refractivity (Wildman–Crippen MR) is 69.6 cm³/mol. The van der Waals surface area contributed by atoms with Crippen LogP contribution < -0.4 is 10.6 Å². The van der Waals surface area contributed by atoms with E-state index in [9.17, 15) is 14.0 Å². The van der Waals surface area contributed by atoms with Gasteiger partial charge >= 0.3 is 12.0 Å². The molecule has 0 saturated heterocycles. The average molecular weight is 268 g/mol. The van der Waals surface area contributed by atoms with Crippen LogP contribution in [-0.2, 0) is 4.79 Å². The number of carboxylic acids is 1. The highest BCUT2D eigenvalue weighted by Crippen LogP contribution is 2.15. The van der Waals surface area contributed by atoms with Gasteiger partial charge in [-0.2, -0.15) is 0 Å². The molecule has 6 heteroatoms. The molecule has 0 fully saturated rings. The summed E-state index contributed by atoms with van der Waals surface area (Å²) in [7, 11) is 0. The minimum Gasteiger partial charge on any atom is -0.480 e. The molecule has 0 aliphatic carbocycles. The third-order valence-electron chi connectivity index (χ3n) is 2.62. The highest BCUT2D eigenvalue weighted by atomic mass is 19.1. The predicted octanol–water partition coefficient (Wildman–Crippen LogP) is 2.51. The van der Waals surface area contributed by atoms with E-state index in [1.54, 1.807) is 6.92 Å². The number of rotatable bonds is 5. The second-order valence-corrected chi connectivity index (χ2v) is 4.24. The number of aryl methyl sites for hydroxylation is 1. The number of hydrogen-bond donors (Lipinski definition) is 3. The van der Waals surface area contributed by atoms with Crippen molar-refractivity contribution in [3.63, 3.8) is 0 Å². The fourth-order valence-corrected chi connectivity index (χ4v) is 1.63. The van der Waals surface area contributed by atoms with Crippen LogP contribution in [0.2, 0.25) is 0 Å². The van der Waals surface area contributed by atoms with Gasteiger partial charge in [-0.15, -0.1) is 0 Å². The van der Waals surface area contributed by atoms with E-state index in [-0.39, 0.29) is 0 Å². The average Bonchev–Trinajstić information content (AvgIpc) is 2.32. The molecule has 0 aliphatic rings. The molecule has 19 heavy (non-hydrogen) atoms. The molecule has 1 rings (SSSR count). The molecule has 0 aromatic heterocycles. The molecule has 104 valence electrons. The highest BCUT2D eigenvalue weighted by molar-refractivity contribution is 5.92. The van der Waals surface area contributed by atoms with Crippen molar-refractivity contribution < 1.29 is 19.1 Å². The van der Waals surface area contributed by atoms with Gasteiger partial charge in [-0.05, 0) is 37.1 Å². The van der Waals surface area contributed by atoms with Gasteiger partial charge in [0.05, 0.1) is 0 Å². The van der Waals surface area contributed by atoms with Crippen molar-refractivity contribution in [1.29, 1.82) is 0 Å². The summed E-state index contributed by atoms with van der Waals surface area (Å²) in [4.78, 5) is 22.6. The Morgan fingerprint density at radius 3 is 2.63 bits per heavy atom. The van der Waals surface area contributed by atoms with Crippen LogP contribution in [0.15, 0.2) is 18.2 Å². The molecule has 1 aromatic carbocycles. The van der Waals surface area contributed by atoms with Gasteiger partial charge < -0.3 is 15.7 Å². The van der Waals surface area contributed by atoms with Gasteiger partial charge in [0.15, 0.2) is 0 Å². The molecular formula is C13H17FN2O3. The number of hydrogen-bond acceptors (Lipinski definition) is 2. The number of halogens is 1. The first-order valence-corrected chi connectivity index (χ1v) is 6.00. The summed E-state index contributed by atoms with van der Waals surface area (Å²) in [6, 6.07) is 2.40. The molecule has 0 radical (unpaired) electrons. The second-order valence-electron chi connectivity index (χ2n) is 4.24. The van der Waals surface area contributed by atoms with Gasteiger partial charge in [-0.1, -0.05) is 13.3 Å². The van der Waals surface area contributed by atoms with Gasteiger partial charge in [-0.3, -0.25) is 0 Å². The number of amides is 2. The van der Waals surface area contributed by atoms with Crippen LogP contribution in [0.4, 0.5) is 14.9 Å². The number of benzene rings is 1. The van der Waals surface area contributed by atoms with Crippen molar-refractivity contribution in [2.24, 2.45) is 0 Å². The lowest BCUT2D eigenvalue weighted by molar-refractivity contribution is -0.139. The Balaban J connectivity index is 2.66. The first-order chi connectivity index (χ1) is 8.93. The summed E-state index contributed by atoms with van der Waals surface area (Å²) < 4.78 is 12.9. The lowest BCUT2D eigenvalue weighted by Crippen LogP contribution is -2.42. The van der Waals surface area contributed by atoms with Gasteiger partial charge in [0.2, 0.25) is 0 Å². The molecule has 1 aromatic rings. The van der Waals surface area contributed by atoms with E-state index in [2.05, 4.69) is 10.6 Å². The van der Waals surface area contributed by atoms with Crippen molar-refractivity contribution in [2.45, 2.75) is 32.7 Å². The van der Waals surface area contributed by atoms with E-state index >= 15 is 0 Å². The standard InChI is InChI=1S/C13H17FN2O3/c1-3-4-11(12(17)18)16-13(19)15-10-6-5-9(14)7-8(10)2/h5-7,11H,3-4H2,1-2H3,(H,17,18)(H2,15,16,19)/t11-/m0/s1. The van der Waals surface area contributed by atoms with Gasteiger partial charge in [0.1, 0.15) is 11.9 Å². The summed E-state index contributed by atoms with van der Waals surface area (Å²) in [5.74, 6) is -1.47. The molecule has 3 N–H and O–H groups in total. The van der Waals surface area contributed by atoms with Crippen LogP contribution in [0.25, 0.3) is 0 Å². The number of nitrogens with one attached hydrogen (secondary N) is 2. The number of carbonyl (C=O) groups is 2.